The summed E-state index contributed by atoms with van der Waals surface area (Å²) in [6.45, 7) is -0.311. The van der Waals surface area contributed by atoms with Crippen LogP contribution in [-0.4, -0.2) is 47.7 Å². The number of nitrogens with zero attached hydrogens (tertiary/aromatic N) is 3. The standard InChI is InChI=1S/C19H15ClN4O3S/c1-23-10-17(26)24(14-5-3-2-4-12(14)18(23)27)9-16(25)22-19-21-13-7-6-11(20)8-15(13)28-19/h2-8H,9-10H2,1H3,(H,21,22,25). The number of likely N-dealkylation sites (N-methyl/N-ethyl adjacent to an activating group) is 1. The van der Waals surface area contributed by atoms with Crippen LogP contribution in [0.25, 0.3) is 10.2 Å². The normalized spacial score (nSPS) is 14.2. The van der Waals surface area contributed by atoms with Crippen LogP contribution in [0.5, 0.6) is 0 Å². The fraction of sp³-hybridized carbons (Fsp3) is 0.158. The van der Waals surface area contributed by atoms with Crippen molar-refractivity contribution in [3.8, 4) is 0 Å². The van der Waals surface area contributed by atoms with Gasteiger partial charge in [-0.3, -0.25) is 14.4 Å². The number of aromatic nitrogens is 1. The van der Waals surface area contributed by atoms with Crippen molar-refractivity contribution in [1.82, 2.24) is 9.88 Å². The minimum atomic E-state index is -0.398. The zero-order valence-corrected chi connectivity index (χ0v) is 16.4. The van der Waals surface area contributed by atoms with E-state index >= 15 is 0 Å². The van der Waals surface area contributed by atoms with Gasteiger partial charge in [0.2, 0.25) is 11.8 Å². The third kappa shape index (κ3) is 3.44. The number of carbonyl (C=O) groups excluding carboxylic acids is 3. The van der Waals surface area contributed by atoms with Gasteiger partial charge in [0, 0.05) is 12.1 Å². The zero-order chi connectivity index (χ0) is 19.8. The van der Waals surface area contributed by atoms with E-state index in [9.17, 15) is 14.4 Å². The van der Waals surface area contributed by atoms with E-state index in [1.807, 2.05) is 0 Å². The first kappa shape index (κ1) is 18.4. The fourth-order valence-corrected chi connectivity index (χ4v) is 4.18. The highest BCUT2D eigenvalue weighted by Crippen LogP contribution is 2.29. The number of thiazole rings is 1. The van der Waals surface area contributed by atoms with Crippen molar-refractivity contribution in [2.24, 2.45) is 0 Å². The van der Waals surface area contributed by atoms with E-state index in [2.05, 4.69) is 10.3 Å². The summed E-state index contributed by atoms with van der Waals surface area (Å²) < 4.78 is 0.853. The van der Waals surface area contributed by atoms with Crippen molar-refractivity contribution >= 4 is 61.7 Å². The monoisotopic (exact) mass is 414 g/mol. The van der Waals surface area contributed by atoms with Crippen molar-refractivity contribution in [3.05, 3.63) is 53.1 Å². The number of amides is 3. The molecule has 3 amide bonds. The molecule has 0 spiro atoms. The number of hydrogen-bond donors (Lipinski definition) is 1. The summed E-state index contributed by atoms with van der Waals surface area (Å²) in [5.41, 5.74) is 1.54. The summed E-state index contributed by atoms with van der Waals surface area (Å²) in [5, 5.41) is 3.74. The third-order valence-corrected chi connectivity index (χ3v) is 5.51. The molecule has 0 atom stereocenters. The predicted octanol–water partition coefficient (Wildman–Crippen LogP) is 3.01. The van der Waals surface area contributed by atoms with E-state index in [4.69, 9.17) is 11.6 Å². The average molecular weight is 415 g/mol. The zero-order valence-electron chi connectivity index (χ0n) is 14.8. The molecule has 1 aromatic heterocycles. The Kier molecular flexibility index (Phi) is 4.74. The number of hydrogen-bond acceptors (Lipinski definition) is 5. The van der Waals surface area contributed by atoms with Crippen LogP contribution in [0.1, 0.15) is 10.4 Å². The molecule has 1 aliphatic heterocycles. The second-order valence-electron chi connectivity index (χ2n) is 6.34. The minimum absolute atomic E-state index is 0.0968. The molecule has 0 fully saturated rings. The van der Waals surface area contributed by atoms with Gasteiger partial charge in [0.25, 0.3) is 5.91 Å². The molecule has 0 saturated carbocycles. The lowest BCUT2D eigenvalue weighted by molar-refractivity contribution is -0.121. The number of carbonyl (C=O) groups is 3. The molecule has 9 heteroatoms. The molecule has 28 heavy (non-hydrogen) atoms. The van der Waals surface area contributed by atoms with E-state index in [-0.39, 0.29) is 24.9 Å². The quantitative estimate of drug-likeness (QED) is 0.714. The molecule has 0 saturated heterocycles. The SMILES string of the molecule is CN1CC(=O)N(CC(=O)Nc2nc3ccc(Cl)cc3s2)c2ccccc2C1=O. The van der Waals surface area contributed by atoms with Crippen LogP contribution in [0, 0.1) is 0 Å². The van der Waals surface area contributed by atoms with Crippen molar-refractivity contribution in [3.63, 3.8) is 0 Å². The van der Waals surface area contributed by atoms with Crippen LogP contribution < -0.4 is 10.2 Å². The van der Waals surface area contributed by atoms with Crippen LogP contribution in [0.15, 0.2) is 42.5 Å². The Bertz CT molecular complexity index is 1110. The molecular formula is C19H15ClN4O3S. The Labute approximate surface area is 169 Å². The number of benzene rings is 2. The average Bonchev–Trinajstić information content (AvgIpc) is 3.02. The lowest BCUT2D eigenvalue weighted by atomic mass is 10.1. The maximum absolute atomic E-state index is 12.6. The fourth-order valence-electron chi connectivity index (χ4n) is 3.02. The van der Waals surface area contributed by atoms with E-state index in [0.29, 0.717) is 21.4 Å². The van der Waals surface area contributed by atoms with E-state index in [1.54, 1.807) is 49.5 Å². The molecule has 0 bridgehead atoms. The lowest BCUT2D eigenvalue weighted by Gasteiger charge is -2.21. The minimum Gasteiger partial charge on any atom is -0.332 e. The van der Waals surface area contributed by atoms with Crippen LogP contribution in [0.2, 0.25) is 5.02 Å². The molecule has 2 heterocycles. The van der Waals surface area contributed by atoms with Crippen molar-refractivity contribution < 1.29 is 14.4 Å². The van der Waals surface area contributed by atoms with Crippen molar-refractivity contribution in [2.45, 2.75) is 0 Å². The smallest absolute Gasteiger partial charge is 0.256 e. The van der Waals surface area contributed by atoms with Gasteiger partial charge < -0.3 is 15.1 Å². The van der Waals surface area contributed by atoms with E-state index < -0.39 is 5.91 Å². The second-order valence-corrected chi connectivity index (χ2v) is 7.80. The molecule has 1 aliphatic rings. The summed E-state index contributed by atoms with van der Waals surface area (Å²) in [7, 11) is 1.56. The maximum Gasteiger partial charge on any atom is 0.256 e. The number of rotatable bonds is 3. The molecule has 0 aliphatic carbocycles. The van der Waals surface area contributed by atoms with Gasteiger partial charge in [-0.1, -0.05) is 35.1 Å². The predicted molar refractivity (Wildman–Crippen MR) is 109 cm³/mol. The first-order valence-electron chi connectivity index (χ1n) is 8.43. The number of anilines is 2. The highest BCUT2D eigenvalue weighted by Gasteiger charge is 2.30. The molecule has 3 aromatic rings. The Morgan fingerprint density at radius 2 is 2.04 bits per heavy atom. The number of fused-ring (bicyclic) bond motifs is 2. The van der Waals surface area contributed by atoms with Gasteiger partial charge in [-0.2, -0.15) is 0 Å². The van der Waals surface area contributed by atoms with Gasteiger partial charge in [0.1, 0.15) is 13.1 Å². The Hall–Kier alpha value is -2.97. The molecule has 0 radical (unpaired) electrons. The van der Waals surface area contributed by atoms with Crippen LogP contribution in [-0.2, 0) is 9.59 Å². The molecule has 4 rings (SSSR count). The molecule has 142 valence electrons. The second kappa shape index (κ2) is 7.21. The third-order valence-electron chi connectivity index (χ3n) is 4.34. The van der Waals surface area contributed by atoms with Crippen LogP contribution in [0.4, 0.5) is 10.8 Å². The summed E-state index contributed by atoms with van der Waals surface area (Å²) in [5.74, 6) is -0.979. The highest BCUT2D eigenvalue weighted by molar-refractivity contribution is 7.22. The lowest BCUT2D eigenvalue weighted by Crippen LogP contribution is -2.41. The Morgan fingerprint density at radius 3 is 2.86 bits per heavy atom. The molecule has 7 nitrogen and oxygen atoms in total. The van der Waals surface area contributed by atoms with E-state index in [0.717, 1.165) is 10.2 Å². The first-order valence-corrected chi connectivity index (χ1v) is 9.62. The van der Waals surface area contributed by atoms with E-state index in [1.165, 1.54) is 21.1 Å². The highest BCUT2D eigenvalue weighted by atomic mass is 35.5. The number of para-hydroxylation sites is 1. The van der Waals surface area contributed by atoms with Crippen molar-refractivity contribution in [1.29, 1.82) is 0 Å². The van der Waals surface area contributed by atoms with Gasteiger partial charge >= 0.3 is 0 Å². The Morgan fingerprint density at radius 1 is 1.25 bits per heavy atom. The molecular weight excluding hydrogens is 400 g/mol. The molecule has 0 unspecified atom stereocenters. The first-order chi connectivity index (χ1) is 13.4. The summed E-state index contributed by atoms with van der Waals surface area (Å²) in [6, 6.07) is 12.1. The largest absolute Gasteiger partial charge is 0.332 e. The number of nitrogens with one attached hydrogen (secondary N) is 1. The summed E-state index contributed by atoms with van der Waals surface area (Å²) in [4.78, 5) is 44.7. The topological polar surface area (TPSA) is 82.6 Å². The van der Waals surface area contributed by atoms with Gasteiger partial charge in [0.05, 0.1) is 21.5 Å². The molecule has 2 aromatic carbocycles. The van der Waals surface area contributed by atoms with Gasteiger partial charge in [-0.05, 0) is 30.3 Å². The van der Waals surface area contributed by atoms with Crippen LogP contribution >= 0.6 is 22.9 Å². The van der Waals surface area contributed by atoms with Gasteiger partial charge in [0.15, 0.2) is 5.13 Å². The summed E-state index contributed by atoms with van der Waals surface area (Å²) in [6.07, 6.45) is 0. The van der Waals surface area contributed by atoms with Gasteiger partial charge in [-0.25, -0.2) is 4.98 Å². The van der Waals surface area contributed by atoms with Crippen LogP contribution in [0.3, 0.4) is 0 Å². The number of halogens is 1. The van der Waals surface area contributed by atoms with Gasteiger partial charge in [-0.15, -0.1) is 0 Å². The van der Waals surface area contributed by atoms with Crippen molar-refractivity contribution in [2.75, 3.05) is 30.4 Å². The molecule has 1 N–H and O–H groups in total. The Balaban J connectivity index is 1.58. The summed E-state index contributed by atoms with van der Waals surface area (Å²) >= 11 is 7.28. The maximum atomic E-state index is 12.6.